The Balaban J connectivity index is 1.72. The van der Waals surface area contributed by atoms with Crippen molar-refractivity contribution in [3.8, 4) is 11.8 Å². The first-order valence-corrected chi connectivity index (χ1v) is 11.9. The summed E-state index contributed by atoms with van der Waals surface area (Å²) in [5, 5.41) is 0.472. The number of fused-ring (bicyclic) bond motifs is 2. The number of rotatable bonds is 4. The molecule has 3 aromatic heterocycles. The molecule has 2 N–H and O–H groups in total. The van der Waals surface area contributed by atoms with Crippen LogP contribution >= 0.6 is 0 Å². The minimum absolute atomic E-state index is 0.00464. The molecule has 5 rings (SSSR count). The van der Waals surface area contributed by atoms with Gasteiger partial charge in [0.15, 0.2) is 11.2 Å². The Kier molecular flexibility index (Phi) is 5.97. The number of hydrogen-bond acceptors (Lipinski definition) is 7. The lowest BCUT2D eigenvalue weighted by Crippen LogP contribution is -2.44. The first-order valence-electron chi connectivity index (χ1n) is 11.9. The van der Waals surface area contributed by atoms with Crippen LogP contribution in [0.2, 0.25) is 0 Å². The van der Waals surface area contributed by atoms with Crippen LogP contribution in [0.1, 0.15) is 25.6 Å². The van der Waals surface area contributed by atoms with Gasteiger partial charge in [-0.2, -0.15) is 4.98 Å². The fourth-order valence-electron chi connectivity index (χ4n) is 4.79. The van der Waals surface area contributed by atoms with Crippen molar-refractivity contribution in [2.45, 2.75) is 38.9 Å². The van der Waals surface area contributed by atoms with Crippen LogP contribution in [-0.4, -0.2) is 47.4 Å². The molecular formula is C25H28N8O3. The SMILES string of the molecule is CC#CCn1c(N2CCCC(N)C2)nc2c1c(=O)n(Cc1nc3ccccc3c(=O)n1C)c(=O)n2C. The van der Waals surface area contributed by atoms with E-state index in [4.69, 9.17) is 10.7 Å². The molecular weight excluding hydrogens is 460 g/mol. The van der Waals surface area contributed by atoms with Gasteiger partial charge in [-0.1, -0.05) is 18.1 Å². The number of para-hydroxylation sites is 1. The summed E-state index contributed by atoms with van der Waals surface area (Å²) < 4.78 is 5.59. The zero-order valence-corrected chi connectivity index (χ0v) is 20.6. The number of benzene rings is 1. The molecule has 0 spiro atoms. The molecule has 1 aliphatic heterocycles. The molecule has 0 radical (unpaired) electrons. The van der Waals surface area contributed by atoms with Crippen LogP contribution in [0.3, 0.4) is 0 Å². The number of piperidine rings is 1. The molecule has 1 aromatic carbocycles. The third-order valence-corrected chi connectivity index (χ3v) is 6.74. The van der Waals surface area contributed by atoms with Crippen LogP contribution < -0.4 is 27.4 Å². The average molecular weight is 489 g/mol. The van der Waals surface area contributed by atoms with Crippen LogP contribution in [0.5, 0.6) is 0 Å². The normalized spacial score (nSPS) is 15.9. The standard InChI is InChI=1S/C25H28N8O3/c1-4-5-13-32-20-21(28-24(32)31-12-8-9-16(26)14-31)30(3)25(36)33(23(20)35)15-19-27-18-11-7-6-10-17(18)22(34)29(19)2/h6-7,10-11,16H,8-9,12-15,26H2,1-3H3. The van der Waals surface area contributed by atoms with Gasteiger partial charge in [0.05, 0.1) is 24.0 Å². The van der Waals surface area contributed by atoms with Crippen molar-refractivity contribution in [3.05, 3.63) is 61.3 Å². The number of aromatic nitrogens is 6. The molecule has 1 saturated heterocycles. The van der Waals surface area contributed by atoms with Crippen LogP contribution in [0.15, 0.2) is 38.6 Å². The monoisotopic (exact) mass is 488 g/mol. The first-order chi connectivity index (χ1) is 17.3. The van der Waals surface area contributed by atoms with Gasteiger partial charge in [0.25, 0.3) is 11.1 Å². The van der Waals surface area contributed by atoms with E-state index in [1.165, 1.54) is 9.13 Å². The molecule has 11 heteroatoms. The van der Waals surface area contributed by atoms with Gasteiger partial charge < -0.3 is 10.6 Å². The molecule has 1 aliphatic rings. The maximum atomic E-state index is 13.8. The smallest absolute Gasteiger partial charge is 0.332 e. The van der Waals surface area contributed by atoms with E-state index < -0.39 is 11.2 Å². The lowest BCUT2D eigenvalue weighted by Gasteiger charge is -2.31. The summed E-state index contributed by atoms with van der Waals surface area (Å²) in [6, 6.07) is 7.00. The van der Waals surface area contributed by atoms with Gasteiger partial charge in [-0.25, -0.2) is 9.78 Å². The van der Waals surface area contributed by atoms with E-state index in [-0.39, 0.29) is 35.9 Å². The molecule has 1 unspecified atom stereocenters. The Morgan fingerprint density at radius 2 is 1.83 bits per heavy atom. The quantitative estimate of drug-likeness (QED) is 0.405. The molecule has 4 heterocycles. The molecule has 0 saturated carbocycles. The maximum absolute atomic E-state index is 13.8. The maximum Gasteiger partial charge on any atom is 0.332 e. The average Bonchev–Trinajstić information content (AvgIpc) is 3.26. The van der Waals surface area contributed by atoms with E-state index in [9.17, 15) is 14.4 Å². The van der Waals surface area contributed by atoms with E-state index in [1.54, 1.807) is 49.9 Å². The van der Waals surface area contributed by atoms with Crippen LogP contribution in [0, 0.1) is 11.8 Å². The van der Waals surface area contributed by atoms with E-state index in [1.807, 2.05) is 4.90 Å². The minimum Gasteiger partial charge on any atom is -0.341 e. The third-order valence-electron chi connectivity index (χ3n) is 6.74. The highest BCUT2D eigenvalue weighted by atomic mass is 16.2. The van der Waals surface area contributed by atoms with Crippen LogP contribution in [0.25, 0.3) is 22.1 Å². The Hall–Kier alpha value is -4.17. The molecule has 0 amide bonds. The Morgan fingerprint density at radius 1 is 1.06 bits per heavy atom. The summed E-state index contributed by atoms with van der Waals surface area (Å²) in [6.07, 6.45) is 1.84. The van der Waals surface area contributed by atoms with E-state index in [0.717, 1.165) is 24.0 Å². The zero-order valence-electron chi connectivity index (χ0n) is 20.6. The second kappa shape index (κ2) is 9.13. The Bertz CT molecular complexity index is 1730. The highest BCUT2D eigenvalue weighted by molar-refractivity contribution is 5.77. The highest BCUT2D eigenvalue weighted by Gasteiger charge is 2.26. The van der Waals surface area contributed by atoms with Gasteiger partial charge in [0, 0.05) is 33.2 Å². The summed E-state index contributed by atoms with van der Waals surface area (Å²) in [5.74, 6) is 6.77. The van der Waals surface area contributed by atoms with Gasteiger partial charge in [0.2, 0.25) is 5.95 Å². The predicted octanol–water partition coefficient (Wildman–Crippen LogP) is 0.143. The second-order valence-electron chi connectivity index (χ2n) is 9.09. The van der Waals surface area contributed by atoms with Crippen molar-refractivity contribution in [2.75, 3.05) is 18.0 Å². The van der Waals surface area contributed by atoms with Crippen molar-refractivity contribution in [1.82, 2.24) is 28.2 Å². The van der Waals surface area contributed by atoms with Crippen LogP contribution in [-0.2, 0) is 27.2 Å². The number of imidazole rings is 1. The topological polar surface area (TPSA) is 126 Å². The fraction of sp³-hybridized carbons (Fsp3) is 0.400. The fourth-order valence-corrected chi connectivity index (χ4v) is 4.79. The molecule has 0 bridgehead atoms. The molecule has 1 fully saturated rings. The molecule has 11 nitrogen and oxygen atoms in total. The number of hydrogen-bond donors (Lipinski definition) is 1. The van der Waals surface area contributed by atoms with Gasteiger partial charge in [-0.15, -0.1) is 5.92 Å². The van der Waals surface area contributed by atoms with Gasteiger partial charge in [0.1, 0.15) is 5.82 Å². The van der Waals surface area contributed by atoms with Crippen molar-refractivity contribution >= 4 is 28.0 Å². The Labute approximate surface area is 206 Å². The van der Waals surface area contributed by atoms with Gasteiger partial charge in [-0.05, 0) is 31.9 Å². The molecule has 4 aromatic rings. The van der Waals surface area contributed by atoms with E-state index in [0.29, 0.717) is 29.2 Å². The number of nitrogens with zero attached hydrogens (tertiary/aromatic N) is 7. The van der Waals surface area contributed by atoms with Gasteiger partial charge in [-0.3, -0.25) is 27.9 Å². The molecule has 36 heavy (non-hydrogen) atoms. The van der Waals surface area contributed by atoms with Crippen molar-refractivity contribution in [2.24, 2.45) is 19.8 Å². The summed E-state index contributed by atoms with van der Waals surface area (Å²) >= 11 is 0. The van der Waals surface area contributed by atoms with Gasteiger partial charge >= 0.3 is 5.69 Å². The number of nitrogens with two attached hydrogens (primary N) is 1. The summed E-state index contributed by atoms with van der Waals surface area (Å²) in [7, 11) is 3.17. The number of anilines is 1. The highest BCUT2D eigenvalue weighted by Crippen LogP contribution is 2.23. The summed E-state index contributed by atoms with van der Waals surface area (Å²) in [4.78, 5) is 51.3. The van der Waals surface area contributed by atoms with E-state index in [2.05, 4.69) is 16.8 Å². The van der Waals surface area contributed by atoms with Crippen LogP contribution in [0.4, 0.5) is 5.95 Å². The lowest BCUT2D eigenvalue weighted by atomic mass is 10.1. The third kappa shape index (κ3) is 3.79. The largest absolute Gasteiger partial charge is 0.341 e. The first kappa shape index (κ1) is 23.6. The number of aryl methyl sites for hydroxylation is 1. The summed E-state index contributed by atoms with van der Waals surface area (Å²) in [6.45, 7) is 3.17. The van der Waals surface area contributed by atoms with Crippen molar-refractivity contribution in [1.29, 1.82) is 0 Å². The predicted molar refractivity (Wildman–Crippen MR) is 138 cm³/mol. The lowest BCUT2D eigenvalue weighted by molar-refractivity contribution is 0.496. The minimum atomic E-state index is -0.539. The second-order valence-corrected chi connectivity index (χ2v) is 9.09. The van der Waals surface area contributed by atoms with Crippen molar-refractivity contribution < 1.29 is 0 Å². The Morgan fingerprint density at radius 3 is 2.58 bits per heavy atom. The van der Waals surface area contributed by atoms with E-state index >= 15 is 0 Å². The molecule has 0 aliphatic carbocycles. The van der Waals surface area contributed by atoms with Crippen molar-refractivity contribution in [3.63, 3.8) is 0 Å². The zero-order chi connectivity index (χ0) is 25.6. The molecule has 1 atom stereocenters. The molecule has 186 valence electrons. The summed E-state index contributed by atoms with van der Waals surface area (Å²) in [5.41, 5.74) is 5.99.